The second kappa shape index (κ2) is 9.65. The van der Waals surface area contributed by atoms with Crippen molar-refractivity contribution in [2.75, 3.05) is 18.4 Å². The smallest absolute Gasteiger partial charge is 0.245 e. The maximum atomic E-state index is 12.9. The van der Waals surface area contributed by atoms with Gasteiger partial charge in [0.05, 0.1) is 17.9 Å². The molecule has 1 aromatic heterocycles. The van der Waals surface area contributed by atoms with E-state index in [4.69, 9.17) is 16.7 Å². The second-order valence-electron chi connectivity index (χ2n) is 9.14. The van der Waals surface area contributed by atoms with E-state index in [1.807, 2.05) is 51.1 Å². The van der Waals surface area contributed by atoms with Gasteiger partial charge in [0.15, 0.2) is 0 Å². The lowest BCUT2D eigenvalue weighted by Gasteiger charge is -2.25. The summed E-state index contributed by atoms with van der Waals surface area (Å²) in [5, 5.41) is 7.03. The minimum absolute atomic E-state index is 0.0577. The number of anilines is 1. The van der Waals surface area contributed by atoms with Gasteiger partial charge < -0.3 is 10.2 Å². The van der Waals surface area contributed by atoms with Crippen LogP contribution < -0.4 is 5.32 Å². The molecule has 2 rings (SSSR count). The zero-order valence-electron chi connectivity index (χ0n) is 19.0. The zero-order valence-corrected chi connectivity index (χ0v) is 19.7. The van der Waals surface area contributed by atoms with Crippen LogP contribution in [0.5, 0.6) is 0 Å². The molecule has 7 heteroatoms. The number of nitrogens with zero attached hydrogens (tertiary/aromatic N) is 3. The van der Waals surface area contributed by atoms with Crippen LogP contribution in [0, 0.1) is 12.8 Å². The van der Waals surface area contributed by atoms with Crippen LogP contribution >= 0.6 is 11.6 Å². The standard InChI is InChI=1S/C23H33ClN4O2/c1-15(2)13-27(22(30)17(4)24)14-21(29)25-20-12-19(23(5,6)7)26-28(20)18-11-9-8-10-16(18)3/h8-12,15,17H,13-14H2,1-7H3,(H,25,29)/t17-/m0/s1. The van der Waals surface area contributed by atoms with Crippen LogP contribution in [0.1, 0.15) is 52.8 Å². The predicted octanol–water partition coefficient (Wildman–Crippen LogP) is 4.53. The van der Waals surface area contributed by atoms with Crippen LogP contribution in [0.25, 0.3) is 5.69 Å². The van der Waals surface area contributed by atoms with Crippen LogP contribution in [-0.2, 0) is 15.0 Å². The molecule has 164 valence electrons. The fourth-order valence-electron chi connectivity index (χ4n) is 3.10. The number of hydrogen-bond donors (Lipinski definition) is 1. The fourth-order valence-corrected chi connectivity index (χ4v) is 3.24. The summed E-state index contributed by atoms with van der Waals surface area (Å²) >= 11 is 5.99. The van der Waals surface area contributed by atoms with Crippen molar-refractivity contribution in [1.29, 1.82) is 0 Å². The Balaban J connectivity index is 2.34. The maximum absolute atomic E-state index is 12.9. The molecular formula is C23H33ClN4O2. The van der Waals surface area contributed by atoms with E-state index in [-0.39, 0.29) is 29.7 Å². The number of hydrogen-bond acceptors (Lipinski definition) is 3. The summed E-state index contributed by atoms with van der Waals surface area (Å²) in [6, 6.07) is 9.77. The number of aromatic nitrogens is 2. The number of rotatable bonds is 7. The lowest BCUT2D eigenvalue weighted by Crippen LogP contribution is -2.43. The summed E-state index contributed by atoms with van der Waals surface area (Å²) < 4.78 is 1.76. The number of nitrogens with one attached hydrogen (secondary N) is 1. The minimum atomic E-state index is -0.679. The third kappa shape index (κ3) is 6.08. The third-order valence-electron chi connectivity index (χ3n) is 4.66. The number of halogens is 1. The molecule has 2 aromatic rings. The molecule has 0 unspecified atom stereocenters. The van der Waals surface area contributed by atoms with Gasteiger partial charge in [0.1, 0.15) is 11.2 Å². The van der Waals surface area contributed by atoms with Crippen molar-refractivity contribution in [2.45, 2.75) is 59.3 Å². The number of para-hydroxylation sites is 1. The summed E-state index contributed by atoms with van der Waals surface area (Å²) in [4.78, 5) is 26.8. The van der Waals surface area contributed by atoms with Gasteiger partial charge in [-0.1, -0.05) is 52.8 Å². The monoisotopic (exact) mass is 432 g/mol. The molecule has 0 fully saturated rings. The Bertz CT molecular complexity index is 897. The first-order valence-corrected chi connectivity index (χ1v) is 10.7. The van der Waals surface area contributed by atoms with Gasteiger partial charge in [0.2, 0.25) is 11.8 Å². The van der Waals surface area contributed by atoms with Crippen LogP contribution in [0.3, 0.4) is 0 Å². The van der Waals surface area contributed by atoms with Gasteiger partial charge >= 0.3 is 0 Å². The van der Waals surface area contributed by atoms with E-state index < -0.39 is 5.38 Å². The van der Waals surface area contributed by atoms with Crippen molar-refractivity contribution in [3.05, 3.63) is 41.6 Å². The lowest BCUT2D eigenvalue weighted by atomic mass is 9.92. The highest BCUT2D eigenvalue weighted by atomic mass is 35.5. The van der Waals surface area contributed by atoms with Crippen LogP contribution in [-0.4, -0.2) is 45.0 Å². The number of amides is 2. The molecule has 0 bridgehead atoms. The fraction of sp³-hybridized carbons (Fsp3) is 0.522. The molecule has 2 amide bonds. The van der Waals surface area contributed by atoms with E-state index >= 15 is 0 Å². The molecule has 0 saturated heterocycles. The molecule has 0 aliphatic heterocycles. The molecule has 1 atom stereocenters. The first-order valence-electron chi connectivity index (χ1n) is 10.3. The highest BCUT2D eigenvalue weighted by Gasteiger charge is 2.25. The Morgan fingerprint density at radius 2 is 1.83 bits per heavy atom. The molecule has 1 heterocycles. The molecule has 0 aliphatic carbocycles. The average molecular weight is 433 g/mol. The van der Waals surface area contributed by atoms with E-state index in [0.29, 0.717) is 12.4 Å². The van der Waals surface area contributed by atoms with E-state index in [0.717, 1.165) is 16.9 Å². The molecule has 0 spiro atoms. The minimum Gasteiger partial charge on any atom is -0.332 e. The average Bonchev–Trinajstić information content (AvgIpc) is 3.04. The largest absolute Gasteiger partial charge is 0.332 e. The Morgan fingerprint density at radius 1 is 1.20 bits per heavy atom. The Hall–Kier alpha value is -2.34. The van der Waals surface area contributed by atoms with Crippen LogP contribution in [0.2, 0.25) is 0 Å². The van der Waals surface area contributed by atoms with Crippen molar-refractivity contribution in [1.82, 2.24) is 14.7 Å². The molecule has 0 radical (unpaired) electrons. The second-order valence-corrected chi connectivity index (χ2v) is 9.79. The zero-order chi connectivity index (χ0) is 22.6. The van der Waals surface area contributed by atoms with Gasteiger partial charge in [-0.25, -0.2) is 4.68 Å². The Morgan fingerprint density at radius 3 is 2.37 bits per heavy atom. The topological polar surface area (TPSA) is 67.2 Å². The number of carbonyl (C=O) groups excluding carboxylic acids is 2. The summed E-state index contributed by atoms with van der Waals surface area (Å²) in [5.41, 5.74) is 2.63. The summed E-state index contributed by atoms with van der Waals surface area (Å²) in [5.74, 6) is 0.275. The normalized spacial score (nSPS) is 12.7. The summed E-state index contributed by atoms with van der Waals surface area (Å²) in [6.07, 6.45) is 0. The number of aryl methyl sites for hydroxylation is 1. The van der Waals surface area contributed by atoms with Gasteiger partial charge in [-0.3, -0.25) is 9.59 Å². The maximum Gasteiger partial charge on any atom is 0.245 e. The Kier molecular flexibility index (Phi) is 7.70. The van der Waals surface area contributed by atoms with Crippen LogP contribution in [0.15, 0.2) is 30.3 Å². The molecule has 1 N–H and O–H groups in total. The van der Waals surface area contributed by atoms with Gasteiger partial charge in [0.25, 0.3) is 0 Å². The third-order valence-corrected chi connectivity index (χ3v) is 4.85. The highest BCUT2D eigenvalue weighted by molar-refractivity contribution is 6.30. The van der Waals surface area contributed by atoms with Gasteiger partial charge in [0, 0.05) is 18.0 Å². The highest BCUT2D eigenvalue weighted by Crippen LogP contribution is 2.27. The molecule has 1 aromatic carbocycles. The SMILES string of the molecule is Cc1ccccc1-n1nc(C(C)(C)C)cc1NC(=O)CN(CC(C)C)C(=O)[C@H](C)Cl. The summed E-state index contributed by atoms with van der Waals surface area (Å²) in [6.45, 7) is 14.3. The van der Waals surface area contributed by atoms with E-state index in [2.05, 4.69) is 26.1 Å². The van der Waals surface area contributed by atoms with Crippen molar-refractivity contribution >= 4 is 29.2 Å². The molecular weight excluding hydrogens is 400 g/mol. The molecule has 0 aliphatic rings. The van der Waals surface area contributed by atoms with Gasteiger partial charge in [-0.2, -0.15) is 5.10 Å². The summed E-state index contributed by atoms with van der Waals surface area (Å²) in [7, 11) is 0. The van der Waals surface area contributed by atoms with Crippen molar-refractivity contribution < 1.29 is 9.59 Å². The van der Waals surface area contributed by atoms with Gasteiger partial charge in [-0.05, 0) is 31.4 Å². The first-order chi connectivity index (χ1) is 13.9. The van der Waals surface area contributed by atoms with E-state index in [1.165, 1.54) is 4.90 Å². The predicted molar refractivity (Wildman–Crippen MR) is 122 cm³/mol. The number of alkyl halides is 1. The van der Waals surface area contributed by atoms with E-state index in [9.17, 15) is 9.59 Å². The number of benzene rings is 1. The van der Waals surface area contributed by atoms with Crippen molar-refractivity contribution in [3.8, 4) is 5.69 Å². The van der Waals surface area contributed by atoms with Crippen molar-refractivity contribution in [3.63, 3.8) is 0 Å². The van der Waals surface area contributed by atoms with Gasteiger partial charge in [-0.15, -0.1) is 11.6 Å². The van der Waals surface area contributed by atoms with Crippen LogP contribution in [0.4, 0.5) is 5.82 Å². The first kappa shape index (κ1) is 23.9. The molecule has 30 heavy (non-hydrogen) atoms. The molecule has 0 saturated carbocycles. The Labute approximate surface area is 184 Å². The quantitative estimate of drug-likeness (QED) is 0.653. The van der Waals surface area contributed by atoms with E-state index in [1.54, 1.807) is 11.6 Å². The lowest BCUT2D eigenvalue weighted by molar-refractivity contribution is -0.134. The molecule has 6 nitrogen and oxygen atoms in total. The van der Waals surface area contributed by atoms with Crippen molar-refractivity contribution in [2.24, 2.45) is 5.92 Å². The number of carbonyl (C=O) groups is 2.